The van der Waals surface area contributed by atoms with Gasteiger partial charge in [-0.2, -0.15) is 8.42 Å². The monoisotopic (exact) mass is 442 g/mol. The molecule has 0 spiro atoms. The molecule has 1 aromatic heterocycles. The summed E-state index contributed by atoms with van der Waals surface area (Å²) >= 11 is 6.95. The zero-order valence-corrected chi connectivity index (χ0v) is 17.1. The van der Waals surface area contributed by atoms with Gasteiger partial charge in [0.05, 0.1) is 5.02 Å². The van der Waals surface area contributed by atoms with Crippen molar-refractivity contribution in [2.45, 2.75) is 19.8 Å². The first-order valence-electron chi connectivity index (χ1n) is 8.32. The minimum absolute atomic E-state index is 0.0880. The van der Waals surface area contributed by atoms with E-state index in [0.29, 0.717) is 11.4 Å². The van der Waals surface area contributed by atoms with Gasteiger partial charge in [0.1, 0.15) is 22.2 Å². The molecule has 0 fully saturated rings. The van der Waals surface area contributed by atoms with Gasteiger partial charge in [0.25, 0.3) is 5.91 Å². The van der Waals surface area contributed by atoms with Gasteiger partial charge in [0.15, 0.2) is 0 Å². The SMILES string of the molecule is CCCCN1C(C(=O)Nc2ccc(F)c(Cl)c2)=CC(c2nccs2)=NS1(=O)=O. The summed E-state index contributed by atoms with van der Waals surface area (Å²) < 4.78 is 43.5. The third kappa shape index (κ3) is 4.40. The van der Waals surface area contributed by atoms with Gasteiger partial charge >= 0.3 is 10.2 Å². The molecule has 7 nitrogen and oxygen atoms in total. The number of thiazole rings is 1. The molecular formula is C17H16ClFN4O3S2. The number of rotatable bonds is 6. The molecule has 11 heteroatoms. The third-order valence-electron chi connectivity index (χ3n) is 3.81. The van der Waals surface area contributed by atoms with E-state index >= 15 is 0 Å². The summed E-state index contributed by atoms with van der Waals surface area (Å²) in [7, 11) is -4.10. The minimum Gasteiger partial charge on any atom is -0.321 e. The van der Waals surface area contributed by atoms with Crippen LogP contribution in [-0.2, 0) is 15.0 Å². The molecule has 0 radical (unpaired) electrons. The van der Waals surface area contributed by atoms with Crippen LogP contribution in [0.1, 0.15) is 24.8 Å². The van der Waals surface area contributed by atoms with E-state index in [-0.39, 0.29) is 28.7 Å². The number of unbranched alkanes of at least 4 members (excludes halogenated alkanes) is 1. The number of allylic oxidation sites excluding steroid dienone is 1. The molecule has 1 aromatic carbocycles. The predicted molar refractivity (Wildman–Crippen MR) is 107 cm³/mol. The Kier molecular flexibility index (Phi) is 6.11. The van der Waals surface area contributed by atoms with E-state index in [9.17, 15) is 17.6 Å². The highest BCUT2D eigenvalue weighted by Gasteiger charge is 2.33. The largest absolute Gasteiger partial charge is 0.345 e. The van der Waals surface area contributed by atoms with Gasteiger partial charge in [-0.05, 0) is 30.7 Å². The summed E-state index contributed by atoms with van der Waals surface area (Å²) in [6, 6.07) is 3.70. The van der Waals surface area contributed by atoms with E-state index in [1.807, 2.05) is 6.92 Å². The average molecular weight is 443 g/mol. The van der Waals surface area contributed by atoms with Crippen molar-refractivity contribution in [2.24, 2.45) is 4.40 Å². The van der Waals surface area contributed by atoms with Crippen molar-refractivity contribution < 1.29 is 17.6 Å². The van der Waals surface area contributed by atoms with Crippen molar-refractivity contribution in [3.8, 4) is 0 Å². The number of carbonyl (C=O) groups excluding carboxylic acids is 1. The number of carbonyl (C=O) groups is 1. The summed E-state index contributed by atoms with van der Waals surface area (Å²) in [6.45, 7) is 2.02. The van der Waals surface area contributed by atoms with E-state index in [1.165, 1.54) is 35.7 Å². The molecule has 2 aromatic rings. The number of hydrogen-bond donors (Lipinski definition) is 1. The third-order valence-corrected chi connectivity index (χ3v) is 6.26. The lowest BCUT2D eigenvalue weighted by Gasteiger charge is -2.27. The van der Waals surface area contributed by atoms with Crippen molar-refractivity contribution in [3.05, 3.63) is 57.4 Å². The summed E-state index contributed by atoms with van der Waals surface area (Å²) in [5.41, 5.74) is 0.239. The number of anilines is 1. The quantitative estimate of drug-likeness (QED) is 0.739. The Morgan fingerprint density at radius 1 is 1.39 bits per heavy atom. The molecule has 1 aliphatic heterocycles. The molecule has 1 amide bonds. The van der Waals surface area contributed by atoms with Crippen LogP contribution in [0.5, 0.6) is 0 Å². The number of benzene rings is 1. The van der Waals surface area contributed by atoms with Crippen molar-refractivity contribution in [2.75, 3.05) is 11.9 Å². The van der Waals surface area contributed by atoms with Crippen LogP contribution >= 0.6 is 22.9 Å². The van der Waals surface area contributed by atoms with Crippen LogP contribution in [0.2, 0.25) is 5.02 Å². The summed E-state index contributed by atoms with van der Waals surface area (Å²) in [5, 5.41) is 4.46. The molecule has 1 aliphatic rings. The molecule has 1 N–H and O–H groups in total. The van der Waals surface area contributed by atoms with Crippen LogP contribution in [0.4, 0.5) is 10.1 Å². The lowest BCUT2D eigenvalue weighted by Crippen LogP contribution is -2.39. The van der Waals surface area contributed by atoms with Gasteiger partial charge in [0.2, 0.25) is 0 Å². The molecule has 0 aliphatic carbocycles. The lowest BCUT2D eigenvalue weighted by atomic mass is 10.2. The number of aromatic nitrogens is 1. The summed E-state index contributed by atoms with van der Waals surface area (Å²) in [4.78, 5) is 16.9. The Balaban J connectivity index is 1.97. The maximum Gasteiger partial charge on any atom is 0.345 e. The molecule has 0 saturated carbocycles. The first kappa shape index (κ1) is 20.4. The molecule has 148 valence electrons. The van der Waals surface area contributed by atoms with Crippen LogP contribution in [-0.4, -0.2) is 35.9 Å². The lowest BCUT2D eigenvalue weighted by molar-refractivity contribution is -0.113. The smallest absolute Gasteiger partial charge is 0.321 e. The predicted octanol–water partition coefficient (Wildman–Crippen LogP) is 3.61. The Bertz CT molecular complexity index is 1050. The van der Waals surface area contributed by atoms with E-state index in [4.69, 9.17) is 11.6 Å². The van der Waals surface area contributed by atoms with Crippen LogP contribution in [0.25, 0.3) is 0 Å². The molecule has 3 rings (SSSR count). The van der Waals surface area contributed by atoms with E-state index in [1.54, 1.807) is 5.38 Å². The van der Waals surface area contributed by atoms with E-state index < -0.39 is 21.9 Å². The Labute approximate surface area is 170 Å². The van der Waals surface area contributed by atoms with Gasteiger partial charge < -0.3 is 5.32 Å². The van der Waals surface area contributed by atoms with Gasteiger partial charge in [-0.15, -0.1) is 15.7 Å². The molecule has 2 heterocycles. The normalized spacial score (nSPS) is 15.8. The van der Waals surface area contributed by atoms with Crippen LogP contribution in [0.3, 0.4) is 0 Å². The van der Waals surface area contributed by atoms with Gasteiger partial charge in [-0.1, -0.05) is 24.9 Å². The summed E-state index contributed by atoms with van der Waals surface area (Å²) in [6.07, 6.45) is 4.19. The molecule has 0 saturated heterocycles. The second kappa shape index (κ2) is 8.38. The highest BCUT2D eigenvalue weighted by Crippen LogP contribution is 2.25. The van der Waals surface area contributed by atoms with Crippen molar-refractivity contribution >= 4 is 50.5 Å². The maximum atomic E-state index is 13.3. The highest BCUT2D eigenvalue weighted by molar-refractivity contribution is 7.88. The van der Waals surface area contributed by atoms with Crippen molar-refractivity contribution in [3.63, 3.8) is 0 Å². The first-order valence-corrected chi connectivity index (χ1v) is 11.0. The van der Waals surface area contributed by atoms with Gasteiger partial charge in [-0.25, -0.2) is 13.7 Å². The average Bonchev–Trinajstić information content (AvgIpc) is 3.17. The molecule has 0 bridgehead atoms. The molecule has 28 heavy (non-hydrogen) atoms. The first-order chi connectivity index (χ1) is 13.3. The fourth-order valence-electron chi connectivity index (χ4n) is 2.46. The van der Waals surface area contributed by atoms with Gasteiger partial charge in [-0.3, -0.25) is 4.79 Å². The Hall–Kier alpha value is -2.30. The minimum atomic E-state index is -4.10. The topological polar surface area (TPSA) is 91.7 Å². The number of nitrogens with zero attached hydrogens (tertiary/aromatic N) is 3. The van der Waals surface area contributed by atoms with Crippen molar-refractivity contribution in [1.82, 2.24) is 9.29 Å². The number of amides is 1. The van der Waals surface area contributed by atoms with Gasteiger partial charge in [0, 0.05) is 23.8 Å². The van der Waals surface area contributed by atoms with Crippen molar-refractivity contribution in [1.29, 1.82) is 0 Å². The fourth-order valence-corrected chi connectivity index (χ4v) is 4.53. The zero-order valence-electron chi connectivity index (χ0n) is 14.7. The standard InChI is InChI=1S/C17H16ClFN4O3S2/c1-2-3-7-23-15(16(24)21-11-4-5-13(19)12(18)9-11)10-14(22-28(23,25)26)17-20-6-8-27-17/h4-6,8-10H,2-3,7H2,1H3,(H,21,24). The number of halogens is 2. The second-order valence-corrected chi connectivity index (χ2v) is 8.65. The van der Waals surface area contributed by atoms with Crippen LogP contribution < -0.4 is 5.32 Å². The molecule has 0 atom stereocenters. The molecular weight excluding hydrogens is 427 g/mol. The van der Waals surface area contributed by atoms with E-state index in [2.05, 4.69) is 14.7 Å². The Morgan fingerprint density at radius 3 is 2.82 bits per heavy atom. The van der Waals surface area contributed by atoms with Crippen LogP contribution in [0, 0.1) is 5.82 Å². The molecule has 0 unspecified atom stereocenters. The highest BCUT2D eigenvalue weighted by atomic mass is 35.5. The number of nitrogens with one attached hydrogen (secondary N) is 1. The number of hydrogen-bond acceptors (Lipinski definition) is 5. The zero-order chi connectivity index (χ0) is 20.3. The summed E-state index contributed by atoms with van der Waals surface area (Å²) in [5.74, 6) is -1.30. The fraction of sp³-hybridized carbons (Fsp3) is 0.235. The van der Waals surface area contributed by atoms with Crippen LogP contribution in [0.15, 0.2) is 45.9 Å². The maximum absolute atomic E-state index is 13.3. The second-order valence-electron chi connectivity index (χ2n) is 5.83. The Morgan fingerprint density at radius 2 is 2.18 bits per heavy atom. The van der Waals surface area contributed by atoms with E-state index in [0.717, 1.165) is 16.8 Å².